The van der Waals surface area contributed by atoms with Gasteiger partial charge in [-0.05, 0) is 62.9 Å². The molecule has 0 spiro atoms. The van der Waals surface area contributed by atoms with Gasteiger partial charge in [0.05, 0.1) is 0 Å². The first-order valence-electron chi connectivity index (χ1n) is 9.47. The summed E-state index contributed by atoms with van der Waals surface area (Å²) in [5.41, 5.74) is 1.08. The summed E-state index contributed by atoms with van der Waals surface area (Å²) < 4.78 is 14.8. The minimum atomic E-state index is -0.359. The van der Waals surface area contributed by atoms with Crippen molar-refractivity contribution >= 4 is 11.8 Å². The Balaban J connectivity index is 1.43. The van der Waals surface area contributed by atoms with E-state index >= 15 is 0 Å². The molecule has 2 aromatic rings. The highest BCUT2D eigenvalue weighted by Crippen LogP contribution is 2.37. The number of benzene rings is 1. The Morgan fingerprint density at radius 1 is 1.15 bits per heavy atom. The highest BCUT2D eigenvalue weighted by atomic mass is 19.1. The minimum absolute atomic E-state index is 0.0280. The fraction of sp³-hybridized carbons (Fsp3) is 0.450. The van der Waals surface area contributed by atoms with E-state index in [9.17, 15) is 14.0 Å². The van der Waals surface area contributed by atoms with E-state index < -0.39 is 0 Å². The molecule has 142 valence electrons. The van der Waals surface area contributed by atoms with Gasteiger partial charge < -0.3 is 10.2 Å². The molecule has 2 amide bonds. The van der Waals surface area contributed by atoms with Crippen molar-refractivity contribution in [2.24, 2.45) is 0 Å². The fourth-order valence-electron chi connectivity index (χ4n) is 4.40. The summed E-state index contributed by atoms with van der Waals surface area (Å²) >= 11 is 0. The summed E-state index contributed by atoms with van der Waals surface area (Å²) in [6, 6.07) is 7.62. The van der Waals surface area contributed by atoms with Crippen molar-refractivity contribution in [3.63, 3.8) is 0 Å². The minimum Gasteiger partial charge on any atom is -0.349 e. The van der Waals surface area contributed by atoms with E-state index in [1.807, 2.05) is 11.8 Å². The largest absolute Gasteiger partial charge is 0.349 e. The summed E-state index contributed by atoms with van der Waals surface area (Å²) in [4.78, 5) is 27.4. The first-order chi connectivity index (χ1) is 13.1. The molecule has 2 aliphatic heterocycles. The molecule has 2 bridgehead atoms. The zero-order valence-corrected chi connectivity index (χ0v) is 15.3. The van der Waals surface area contributed by atoms with Crippen molar-refractivity contribution in [1.82, 2.24) is 20.0 Å². The predicted molar refractivity (Wildman–Crippen MR) is 97.8 cm³/mol. The predicted octanol–water partition coefficient (Wildman–Crippen LogP) is 2.61. The highest BCUT2D eigenvalue weighted by Gasteiger charge is 2.44. The molecule has 2 unspecified atom stereocenters. The molecule has 2 aliphatic rings. The van der Waals surface area contributed by atoms with Crippen LogP contribution in [0.1, 0.15) is 53.5 Å². The van der Waals surface area contributed by atoms with Crippen molar-refractivity contribution in [3.05, 3.63) is 53.6 Å². The number of carbonyl (C=O) groups is 2. The molecule has 4 rings (SSSR count). The Labute approximate surface area is 157 Å². The lowest BCUT2D eigenvalue weighted by molar-refractivity contribution is 0.0537. The number of carbonyl (C=O) groups excluding carboxylic acids is 2. The van der Waals surface area contributed by atoms with Crippen LogP contribution in [0.3, 0.4) is 0 Å². The number of fused-ring (bicyclic) bond motifs is 2. The van der Waals surface area contributed by atoms with Crippen LogP contribution in [0, 0.1) is 5.82 Å². The molecule has 1 aromatic heterocycles. The van der Waals surface area contributed by atoms with Gasteiger partial charge in [0, 0.05) is 36.4 Å². The number of nitrogens with zero attached hydrogens (tertiary/aromatic N) is 3. The maximum absolute atomic E-state index is 13.0. The second kappa shape index (κ2) is 7.13. The lowest BCUT2D eigenvalue weighted by atomic mass is 9.96. The third kappa shape index (κ3) is 3.34. The zero-order chi connectivity index (χ0) is 19.0. The lowest BCUT2D eigenvalue weighted by Gasteiger charge is -2.39. The molecule has 27 heavy (non-hydrogen) atoms. The highest BCUT2D eigenvalue weighted by molar-refractivity contribution is 5.95. The molecule has 1 N–H and O–H groups in total. The van der Waals surface area contributed by atoms with Crippen LogP contribution in [0.25, 0.3) is 0 Å². The van der Waals surface area contributed by atoms with Crippen LogP contribution in [-0.2, 0) is 6.54 Å². The average molecular weight is 370 g/mol. The maximum Gasteiger partial charge on any atom is 0.272 e. The fourth-order valence-corrected chi connectivity index (χ4v) is 4.40. The molecule has 3 heterocycles. The summed E-state index contributed by atoms with van der Waals surface area (Å²) in [7, 11) is 0. The Morgan fingerprint density at radius 3 is 2.44 bits per heavy atom. The van der Waals surface area contributed by atoms with Gasteiger partial charge in [-0.15, -0.1) is 0 Å². The standard InChI is InChI=1S/C20H23FN4O2/c1-2-24-18(9-10-22-24)20(27)25-16-7-8-17(25)12-15(11-16)23-19(26)13-3-5-14(21)6-4-13/h3-6,9-10,15-17H,2,7-8,11-12H2,1H3,(H,23,26). The van der Waals surface area contributed by atoms with E-state index in [4.69, 9.17) is 0 Å². The van der Waals surface area contributed by atoms with Gasteiger partial charge in [0.2, 0.25) is 0 Å². The van der Waals surface area contributed by atoms with E-state index in [1.165, 1.54) is 24.3 Å². The first kappa shape index (κ1) is 17.7. The molecule has 2 atom stereocenters. The van der Waals surface area contributed by atoms with E-state index in [0.29, 0.717) is 17.8 Å². The molecule has 2 saturated heterocycles. The van der Waals surface area contributed by atoms with Crippen LogP contribution in [0.4, 0.5) is 4.39 Å². The monoisotopic (exact) mass is 370 g/mol. The smallest absolute Gasteiger partial charge is 0.272 e. The van der Waals surface area contributed by atoms with Gasteiger partial charge in [0.1, 0.15) is 11.5 Å². The SMILES string of the molecule is CCn1nccc1C(=O)N1C2CCC1CC(NC(=O)c1ccc(F)cc1)C2. The summed E-state index contributed by atoms with van der Waals surface area (Å²) in [6.45, 7) is 2.63. The van der Waals surface area contributed by atoms with Crippen molar-refractivity contribution in [1.29, 1.82) is 0 Å². The maximum atomic E-state index is 13.0. The topological polar surface area (TPSA) is 67.2 Å². The number of halogens is 1. The molecule has 0 aliphatic carbocycles. The van der Waals surface area contributed by atoms with Crippen molar-refractivity contribution in [2.75, 3.05) is 0 Å². The number of hydrogen-bond donors (Lipinski definition) is 1. The van der Waals surface area contributed by atoms with Gasteiger partial charge in [-0.25, -0.2) is 4.39 Å². The van der Waals surface area contributed by atoms with E-state index in [2.05, 4.69) is 10.4 Å². The quantitative estimate of drug-likeness (QED) is 0.900. The Bertz CT molecular complexity index is 834. The third-order valence-electron chi connectivity index (χ3n) is 5.64. The number of aromatic nitrogens is 2. The van der Waals surface area contributed by atoms with Crippen LogP contribution >= 0.6 is 0 Å². The third-order valence-corrected chi connectivity index (χ3v) is 5.64. The van der Waals surface area contributed by atoms with Crippen LogP contribution in [0.5, 0.6) is 0 Å². The summed E-state index contributed by atoms with van der Waals surface area (Å²) in [5, 5.41) is 7.26. The van der Waals surface area contributed by atoms with E-state index in [-0.39, 0.29) is 35.8 Å². The Hall–Kier alpha value is -2.70. The number of nitrogens with one attached hydrogen (secondary N) is 1. The molecular formula is C20H23FN4O2. The van der Waals surface area contributed by atoms with Gasteiger partial charge in [-0.3, -0.25) is 14.3 Å². The zero-order valence-electron chi connectivity index (χ0n) is 15.3. The number of aryl methyl sites for hydroxylation is 1. The second-order valence-electron chi connectivity index (χ2n) is 7.28. The summed E-state index contributed by atoms with van der Waals surface area (Å²) in [5.74, 6) is -0.517. The van der Waals surface area contributed by atoms with Gasteiger partial charge in [0.15, 0.2) is 0 Å². The number of hydrogen-bond acceptors (Lipinski definition) is 3. The average Bonchev–Trinajstić information content (AvgIpc) is 3.24. The molecule has 1 aromatic carbocycles. The number of piperidine rings is 1. The Kier molecular flexibility index (Phi) is 4.68. The molecule has 0 radical (unpaired) electrons. The van der Waals surface area contributed by atoms with Crippen molar-refractivity contribution in [2.45, 2.75) is 57.3 Å². The summed E-state index contributed by atoms with van der Waals surface area (Å²) in [6.07, 6.45) is 5.07. The van der Waals surface area contributed by atoms with Gasteiger partial charge in [0.25, 0.3) is 11.8 Å². The van der Waals surface area contributed by atoms with E-state index in [1.54, 1.807) is 16.9 Å². The first-order valence-corrected chi connectivity index (χ1v) is 9.47. The molecule has 0 saturated carbocycles. The van der Waals surface area contributed by atoms with Crippen LogP contribution in [0.2, 0.25) is 0 Å². The molecule has 6 nitrogen and oxygen atoms in total. The molecule has 7 heteroatoms. The van der Waals surface area contributed by atoms with Crippen LogP contribution < -0.4 is 5.32 Å². The van der Waals surface area contributed by atoms with E-state index in [0.717, 1.165) is 25.7 Å². The number of amides is 2. The molecular weight excluding hydrogens is 347 g/mol. The van der Waals surface area contributed by atoms with Gasteiger partial charge >= 0.3 is 0 Å². The number of rotatable bonds is 4. The van der Waals surface area contributed by atoms with Crippen LogP contribution in [-0.4, -0.2) is 44.6 Å². The van der Waals surface area contributed by atoms with Crippen molar-refractivity contribution in [3.8, 4) is 0 Å². The Morgan fingerprint density at radius 2 is 1.81 bits per heavy atom. The van der Waals surface area contributed by atoms with Crippen molar-refractivity contribution < 1.29 is 14.0 Å². The van der Waals surface area contributed by atoms with Crippen LogP contribution in [0.15, 0.2) is 36.5 Å². The second-order valence-corrected chi connectivity index (χ2v) is 7.28. The van der Waals surface area contributed by atoms with Gasteiger partial charge in [-0.1, -0.05) is 0 Å². The normalized spacial score (nSPS) is 24.1. The van der Waals surface area contributed by atoms with Gasteiger partial charge in [-0.2, -0.15) is 5.10 Å². The molecule has 2 fully saturated rings. The lowest BCUT2D eigenvalue weighted by Crippen LogP contribution is -2.52.